The SMILES string of the molecule is C=CCC(C)NC(=O)c1cccc2c1OCCN2. The van der Waals surface area contributed by atoms with Gasteiger partial charge in [-0.25, -0.2) is 0 Å². The molecule has 0 aromatic heterocycles. The molecule has 1 aromatic rings. The van der Waals surface area contributed by atoms with E-state index in [9.17, 15) is 4.79 Å². The Kier molecular flexibility index (Phi) is 3.87. The fourth-order valence-corrected chi connectivity index (χ4v) is 1.96. The molecule has 0 saturated carbocycles. The quantitative estimate of drug-likeness (QED) is 0.801. The topological polar surface area (TPSA) is 50.4 Å². The van der Waals surface area contributed by atoms with Gasteiger partial charge in [-0.05, 0) is 25.5 Å². The van der Waals surface area contributed by atoms with Crippen molar-refractivity contribution in [3.8, 4) is 5.75 Å². The number of carbonyl (C=O) groups excluding carboxylic acids is 1. The predicted octanol–water partition coefficient (Wildman–Crippen LogP) is 2.19. The Labute approximate surface area is 107 Å². The zero-order valence-electron chi connectivity index (χ0n) is 10.5. The molecule has 0 fully saturated rings. The highest BCUT2D eigenvalue weighted by Gasteiger charge is 2.19. The summed E-state index contributed by atoms with van der Waals surface area (Å²) in [5.41, 5.74) is 1.46. The van der Waals surface area contributed by atoms with Crippen LogP contribution in [0.2, 0.25) is 0 Å². The fraction of sp³-hybridized carbons (Fsp3) is 0.357. The first kappa shape index (κ1) is 12.5. The summed E-state index contributed by atoms with van der Waals surface area (Å²) >= 11 is 0. The van der Waals surface area contributed by atoms with E-state index in [0.29, 0.717) is 17.9 Å². The van der Waals surface area contributed by atoms with Gasteiger partial charge in [-0.3, -0.25) is 4.79 Å². The molecule has 0 spiro atoms. The van der Waals surface area contributed by atoms with E-state index in [0.717, 1.165) is 18.7 Å². The second-order valence-electron chi connectivity index (χ2n) is 4.36. The van der Waals surface area contributed by atoms with Crippen molar-refractivity contribution in [1.82, 2.24) is 5.32 Å². The van der Waals surface area contributed by atoms with E-state index in [2.05, 4.69) is 17.2 Å². The van der Waals surface area contributed by atoms with Crippen LogP contribution in [0.3, 0.4) is 0 Å². The van der Waals surface area contributed by atoms with E-state index in [1.165, 1.54) is 0 Å². The largest absolute Gasteiger partial charge is 0.489 e. The number of carbonyl (C=O) groups is 1. The average molecular weight is 246 g/mol. The predicted molar refractivity (Wildman–Crippen MR) is 72.2 cm³/mol. The van der Waals surface area contributed by atoms with E-state index < -0.39 is 0 Å². The molecule has 1 unspecified atom stereocenters. The first-order valence-electron chi connectivity index (χ1n) is 6.14. The lowest BCUT2D eigenvalue weighted by molar-refractivity contribution is 0.0936. The van der Waals surface area contributed by atoms with Crippen LogP contribution < -0.4 is 15.4 Å². The molecule has 1 aliphatic heterocycles. The molecule has 18 heavy (non-hydrogen) atoms. The Bertz CT molecular complexity index is 457. The summed E-state index contributed by atoms with van der Waals surface area (Å²) < 4.78 is 5.57. The smallest absolute Gasteiger partial charge is 0.255 e. The number of para-hydroxylation sites is 1. The highest BCUT2D eigenvalue weighted by atomic mass is 16.5. The molecule has 4 nitrogen and oxygen atoms in total. The summed E-state index contributed by atoms with van der Waals surface area (Å²) in [7, 11) is 0. The number of nitrogens with one attached hydrogen (secondary N) is 2. The van der Waals surface area contributed by atoms with Crippen molar-refractivity contribution in [2.75, 3.05) is 18.5 Å². The Balaban J connectivity index is 2.17. The van der Waals surface area contributed by atoms with Crippen LogP contribution in [0.1, 0.15) is 23.7 Å². The Morgan fingerprint density at radius 3 is 3.28 bits per heavy atom. The van der Waals surface area contributed by atoms with Crippen LogP contribution in [0.15, 0.2) is 30.9 Å². The molecule has 0 aliphatic carbocycles. The minimum absolute atomic E-state index is 0.0717. The second-order valence-corrected chi connectivity index (χ2v) is 4.36. The molecular formula is C14H18N2O2. The van der Waals surface area contributed by atoms with E-state index >= 15 is 0 Å². The summed E-state index contributed by atoms with van der Waals surface area (Å²) in [5, 5.41) is 6.14. The number of anilines is 1. The molecule has 2 N–H and O–H groups in total. The molecule has 1 aliphatic rings. The van der Waals surface area contributed by atoms with Gasteiger partial charge in [0, 0.05) is 12.6 Å². The lowest BCUT2D eigenvalue weighted by Gasteiger charge is -2.22. The molecule has 1 heterocycles. The molecule has 1 amide bonds. The van der Waals surface area contributed by atoms with Crippen molar-refractivity contribution in [2.45, 2.75) is 19.4 Å². The van der Waals surface area contributed by atoms with Crippen LogP contribution in [0.4, 0.5) is 5.69 Å². The monoisotopic (exact) mass is 246 g/mol. The lowest BCUT2D eigenvalue weighted by Crippen LogP contribution is -2.33. The number of ether oxygens (including phenoxy) is 1. The summed E-state index contributed by atoms with van der Waals surface area (Å²) in [6, 6.07) is 5.62. The number of hydrogen-bond acceptors (Lipinski definition) is 3. The summed E-state index contributed by atoms with van der Waals surface area (Å²) in [4.78, 5) is 12.1. The normalized spacial score (nSPS) is 14.7. The summed E-state index contributed by atoms with van der Waals surface area (Å²) in [5.74, 6) is 0.539. The minimum Gasteiger partial charge on any atom is -0.489 e. The number of fused-ring (bicyclic) bond motifs is 1. The van der Waals surface area contributed by atoms with E-state index in [4.69, 9.17) is 4.74 Å². The Morgan fingerprint density at radius 2 is 2.50 bits per heavy atom. The van der Waals surface area contributed by atoms with Gasteiger partial charge in [0.05, 0.1) is 11.3 Å². The van der Waals surface area contributed by atoms with Gasteiger partial charge >= 0.3 is 0 Å². The fourth-order valence-electron chi connectivity index (χ4n) is 1.96. The van der Waals surface area contributed by atoms with Gasteiger partial charge in [0.15, 0.2) is 5.75 Å². The molecule has 0 bridgehead atoms. The van der Waals surface area contributed by atoms with Gasteiger partial charge in [-0.15, -0.1) is 6.58 Å². The third-order valence-electron chi connectivity index (χ3n) is 2.82. The summed E-state index contributed by atoms with van der Waals surface area (Å²) in [6.45, 7) is 6.97. The zero-order valence-corrected chi connectivity index (χ0v) is 10.5. The van der Waals surface area contributed by atoms with Gasteiger partial charge in [0.25, 0.3) is 5.91 Å². The molecule has 0 saturated heterocycles. The van der Waals surface area contributed by atoms with Crippen LogP contribution in [0, 0.1) is 0 Å². The van der Waals surface area contributed by atoms with Gasteiger partial charge in [0.1, 0.15) is 6.61 Å². The van der Waals surface area contributed by atoms with Crippen molar-refractivity contribution in [3.63, 3.8) is 0 Å². The Morgan fingerprint density at radius 1 is 1.67 bits per heavy atom. The van der Waals surface area contributed by atoms with Gasteiger partial charge in [0.2, 0.25) is 0 Å². The van der Waals surface area contributed by atoms with Crippen molar-refractivity contribution in [3.05, 3.63) is 36.4 Å². The van der Waals surface area contributed by atoms with Crippen LogP contribution in [0.5, 0.6) is 5.75 Å². The molecule has 4 heteroatoms. The van der Waals surface area contributed by atoms with Crippen LogP contribution >= 0.6 is 0 Å². The van der Waals surface area contributed by atoms with Crippen molar-refractivity contribution in [1.29, 1.82) is 0 Å². The maximum absolute atomic E-state index is 12.1. The standard InChI is InChI=1S/C14H18N2O2/c1-3-5-10(2)16-14(17)11-6-4-7-12-13(11)18-9-8-15-12/h3-4,6-7,10,15H,1,5,8-9H2,2H3,(H,16,17). The Hall–Kier alpha value is -1.97. The molecule has 1 atom stereocenters. The molecule has 2 rings (SSSR count). The first-order valence-corrected chi connectivity index (χ1v) is 6.14. The molecule has 0 radical (unpaired) electrons. The number of rotatable bonds is 4. The third kappa shape index (κ3) is 2.64. The molecule has 96 valence electrons. The highest BCUT2D eigenvalue weighted by Crippen LogP contribution is 2.31. The maximum Gasteiger partial charge on any atom is 0.255 e. The van der Waals surface area contributed by atoms with Crippen LogP contribution in [-0.4, -0.2) is 25.1 Å². The maximum atomic E-state index is 12.1. The van der Waals surface area contributed by atoms with Gasteiger partial charge in [-0.1, -0.05) is 12.1 Å². The van der Waals surface area contributed by atoms with Crippen LogP contribution in [0.25, 0.3) is 0 Å². The van der Waals surface area contributed by atoms with Crippen LogP contribution in [-0.2, 0) is 0 Å². The molecule has 1 aromatic carbocycles. The van der Waals surface area contributed by atoms with Crippen molar-refractivity contribution in [2.24, 2.45) is 0 Å². The first-order chi connectivity index (χ1) is 8.72. The second kappa shape index (κ2) is 5.58. The average Bonchev–Trinajstić information content (AvgIpc) is 2.38. The number of benzene rings is 1. The zero-order chi connectivity index (χ0) is 13.0. The highest BCUT2D eigenvalue weighted by molar-refractivity contribution is 5.99. The van der Waals surface area contributed by atoms with Crippen molar-refractivity contribution >= 4 is 11.6 Å². The van der Waals surface area contributed by atoms with Crippen molar-refractivity contribution < 1.29 is 9.53 Å². The number of amides is 1. The molecular weight excluding hydrogens is 228 g/mol. The third-order valence-corrected chi connectivity index (χ3v) is 2.82. The lowest BCUT2D eigenvalue weighted by atomic mass is 10.1. The van der Waals surface area contributed by atoms with E-state index in [1.54, 1.807) is 12.1 Å². The van der Waals surface area contributed by atoms with E-state index in [1.807, 2.05) is 19.1 Å². The minimum atomic E-state index is -0.107. The van der Waals surface area contributed by atoms with E-state index in [-0.39, 0.29) is 11.9 Å². The van der Waals surface area contributed by atoms with Gasteiger partial charge < -0.3 is 15.4 Å². The number of hydrogen-bond donors (Lipinski definition) is 2. The van der Waals surface area contributed by atoms with Gasteiger partial charge in [-0.2, -0.15) is 0 Å². The summed E-state index contributed by atoms with van der Waals surface area (Å²) in [6.07, 6.45) is 2.54.